The van der Waals surface area contributed by atoms with Gasteiger partial charge in [0.25, 0.3) is 5.91 Å². The molecular formula is C17H18N4O. The average molecular weight is 294 g/mol. The van der Waals surface area contributed by atoms with E-state index in [1.807, 2.05) is 36.4 Å². The Morgan fingerprint density at radius 3 is 2.91 bits per heavy atom. The fourth-order valence-corrected chi connectivity index (χ4v) is 2.58. The summed E-state index contributed by atoms with van der Waals surface area (Å²) >= 11 is 0. The van der Waals surface area contributed by atoms with Crippen LogP contribution in [0.3, 0.4) is 0 Å². The summed E-state index contributed by atoms with van der Waals surface area (Å²) < 4.78 is 0. The molecule has 1 aromatic carbocycles. The Bertz CT molecular complexity index is 701. The number of hydrogen-bond donors (Lipinski definition) is 2. The second-order valence-electron chi connectivity index (χ2n) is 5.23. The summed E-state index contributed by atoms with van der Waals surface area (Å²) in [6.07, 6.45) is 9.41. The standard InChI is InChI=1S/C17H18N4O/c22-17(16-14-10-4-5-11-15(14)19-20-16)21-18-12-6-9-13-7-2-1-3-8-13/h1-3,6-9,12H,4-5,10-11H2,(H,19,20)(H,21,22). The van der Waals surface area contributed by atoms with Gasteiger partial charge in [-0.05, 0) is 37.3 Å². The summed E-state index contributed by atoms with van der Waals surface area (Å²) in [7, 11) is 0. The van der Waals surface area contributed by atoms with Crippen LogP contribution in [-0.2, 0) is 12.8 Å². The average Bonchev–Trinajstić information content (AvgIpc) is 2.99. The number of allylic oxidation sites excluding steroid dienone is 1. The number of aromatic amines is 1. The van der Waals surface area contributed by atoms with Gasteiger partial charge in [-0.2, -0.15) is 10.2 Å². The Morgan fingerprint density at radius 2 is 2.05 bits per heavy atom. The van der Waals surface area contributed by atoms with Crippen molar-refractivity contribution in [3.05, 3.63) is 58.9 Å². The van der Waals surface area contributed by atoms with Crippen molar-refractivity contribution in [2.24, 2.45) is 5.10 Å². The van der Waals surface area contributed by atoms with Gasteiger partial charge in [0.2, 0.25) is 0 Å². The van der Waals surface area contributed by atoms with Gasteiger partial charge in [0.1, 0.15) is 0 Å². The molecule has 0 radical (unpaired) electrons. The molecule has 1 aliphatic carbocycles. The largest absolute Gasteiger partial charge is 0.292 e. The quantitative estimate of drug-likeness (QED) is 0.672. The molecular weight excluding hydrogens is 276 g/mol. The van der Waals surface area contributed by atoms with Gasteiger partial charge in [0.05, 0.1) is 0 Å². The highest BCUT2D eigenvalue weighted by Crippen LogP contribution is 2.21. The minimum Gasteiger partial charge on any atom is -0.281 e. The van der Waals surface area contributed by atoms with Crippen LogP contribution in [0.2, 0.25) is 0 Å². The molecule has 1 aromatic heterocycles. The van der Waals surface area contributed by atoms with Crippen molar-refractivity contribution in [3.63, 3.8) is 0 Å². The molecule has 112 valence electrons. The summed E-state index contributed by atoms with van der Waals surface area (Å²) in [5, 5.41) is 11.0. The zero-order chi connectivity index (χ0) is 15.2. The van der Waals surface area contributed by atoms with E-state index >= 15 is 0 Å². The van der Waals surface area contributed by atoms with Gasteiger partial charge in [-0.15, -0.1) is 0 Å². The van der Waals surface area contributed by atoms with Crippen LogP contribution in [0.4, 0.5) is 0 Å². The van der Waals surface area contributed by atoms with Gasteiger partial charge in [-0.25, -0.2) is 5.43 Å². The first-order valence-corrected chi connectivity index (χ1v) is 7.46. The smallest absolute Gasteiger partial charge is 0.281 e. The third-order valence-electron chi connectivity index (χ3n) is 3.69. The molecule has 2 aromatic rings. The van der Waals surface area contributed by atoms with Crippen LogP contribution in [0.5, 0.6) is 0 Å². The lowest BCUT2D eigenvalue weighted by molar-refractivity contribution is 0.0949. The number of carbonyl (C=O) groups is 1. The molecule has 1 heterocycles. The van der Waals surface area contributed by atoms with Gasteiger partial charge in [-0.3, -0.25) is 9.89 Å². The molecule has 0 saturated carbocycles. The van der Waals surface area contributed by atoms with Crippen LogP contribution in [0, 0.1) is 0 Å². The molecule has 0 aliphatic heterocycles. The van der Waals surface area contributed by atoms with E-state index in [9.17, 15) is 4.79 Å². The van der Waals surface area contributed by atoms with Crippen LogP contribution in [0.15, 0.2) is 41.5 Å². The van der Waals surface area contributed by atoms with Crippen LogP contribution in [0.1, 0.15) is 40.2 Å². The predicted molar refractivity (Wildman–Crippen MR) is 86.7 cm³/mol. The first-order chi connectivity index (χ1) is 10.8. The lowest BCUT2D eigenvalue weighted by Gasteiger charge is -2.10. The maximum atomic E-state index is 12.1. The molecule has 0 spiro atoms. The molecule has 3 rings (SSSR count). The Morgan fingerprint density at radius 1 is 1.23 bits per heavy atom. The number of nitrogens with zero attached hydrogens (tertiary/aromatic N) is 2. The van der Waals surface area contributed by atoms with Crippen LogP contribution < -0.4 is 5.43 Å². The predicted octanol–water partition coefficient (Wildman–Crippen LogP) is 2.72. The second kappa shape index (κ2) is 6.85. The summed E-state index contributed by atoms with van der Waals surface area (Å²) in [4.78, 5) is 12.1. The number of H-pyrrole nitrogens is 1. The van der Waals surface area contributed by atoms with E-state index in [2.05, 4.69) is 20.7 Å². The molecule has 0 atom stereocenters. The molecule has 5 nitrogen and oxygen atoms in total. The monoisotopic (exact) mass is 294 g/mol. The molecule has 0 fully saturated rings. The molecule has 0 saturated heterocycles. The maximum absolute atomic E-state index is 12.1. The van der Waals surface area contributed by atoms with Crippen molar-refractivity contribution in [1.29, 1.82) is 0 Å². The van der Waals surface area contributed by atoms with Gasteiger partial charge in [-0.1, -0.05) is 36.4 Å². The Kier molecular flexibility index (Phi) is 4.44. The summed E-state index contributed by atoms with van der Waals surface area (Å²) in [6, 6.07) is 9.91. The number of rotatable bonds is 4. The van der Waals surface area contributed by atoms with Crippen molar-refractivity contribution >= 4 is 18.2 Å². The Balaban J connectivity index is 1.57. The SMILES string of the molecule is O=C(NN=CC=Cc1ccccc1)c1n[nH]c2c1CCCC2. The van der Waals surface area contributed by atoms with Crippen molar-refractivity contribution in [1.82, 2.24) is 15.6 Å². The van der Waals surface area contributed by atoms with Crippen molar-refractivity contribution < 1.29 is 4.79 Å². The van der Waals surface area contributed by atoms with E-state index < -0.39 is 0 Å². The fourth-order valence-electron chi connectivity index (χ4n) is 2.58. The summed E-state index contributed by atoms with van der Waals surface area (Å²) in [6.45, 7) is 0. The lowest BCUT2D eigenvalue weighted by Crippen LogP contribution is -2.20. The van der Waals surface area contributed by atoms with E-state index in [1.165, 1.54) is 0 Å². The van der Waals surface area contributed by atoms with Crippen LogP contribution >= 0.6 is 0 Å². The van der Waals surface area contributed by atoms with Gasteiger partial charge < -0.3 is 0 Å². The van der Waals surface area contributed by atoms with Crippen LogP contribution in [0.25, 0.3) is 6.08 Å². The third-order valence-corrected chi connectivity index (χ3v) is 3.69. The molecule has 1 aliphatic rings. The fraction of sp³-hybridized carbons (Fsp3) is 0.235. The summed E-state index contributed by atoms with van der Waals surface area (Å²) in [5.74, 6) is -0.260. The van der Waals surface area contributed by atoms with E-state index in [0.717, 1.165) is 42.5 Å². The number of nitrogens with one attached hydrogen (secondary N) is 2. The molecule has 2 N–H and O–H groups in total. The highest BCUT2D eigenvalue weighted by molar-refractivity contribution is 5.94. The highest BCUT2D eigenvalue weighted by atomic mass is 16.2. The third kappa shape index (κ3) is 3.31. The van der Waals surface area contributed by atoms with Gasteiger partial charge in [0.15, 0.2) is 5.69 Å². The van der Waals surface area contributed by atoms with E-state index in [1.54, 1.807) is 12.3 Å². The molecule has 0 unspecified atom stereocenters. The molecule has 5 heteroatoms. The zero-order valence-electron chi connectivity index (χ0n) is 12.2. The van der Waals surface area contributed by atoms with Crippen molar-refractivity contribution in [3.8, 4) is 0 Å². The number of hydrazone groups is 1. The van der Waals surface area contributed by atoms with E-state index in [0.29, 0.717) is 5.69 Å². The normalized spacial score (nSPS) is 14.4. The lowest BCUT2D eigenvalue weighted by atomic mass is 9.96. The van der Waals surface area contributed by atoms with Crippen molar-refractivity contribution in [2.45, 2.75) is 25.7 Å². The number of hydrogen-bond acceptors (Lipinski definition) is 3. The highest BCUT2D eigenvalue weighted by Gasteiger charge is 2.21. The minimum atomic E-state index is -0.260. The Hall–Kier alpha value is -2.69. The minimum absolute atomic E-state index is 0.260. The zero-order valence-corrected chi connectivity index (χ0v) is 12.2. The molecule has 0 bridgehead atoms. The second-order valence-corrected chi connectivity index (χ2v) is 5.23. The maximum Gasteiger partial charge on any atom is 0.292 e. The first kappa shape index (κ1) is 14.3. The van der Waals surface area contributed by atoms with Gasteiger partial charge in [0, 0.05) is 17.5 Å². The number of aryl methyl sites for hydroxylation is 1. The number of amides is 1. The molecule has 22 heavy (non-hydrogen) atoms. The number of carbonyl (C=O) groups excluding carboxylic acids is 1. The number of fused-ring (bicyclic) bond motifs is 1. The topological polar surface area (TPSA) is 70.1 Å². The summed E-state index contributed by atoms with van der Waals surface area (Å²) in [5.41, 5.74) is 6.20. The van der Waals surface area contributed by atoms with Crippen molar-refractivity contribution in [2.75, 3.05) is 0 Å². The number of aromatic nitrogens is 2. The van der Waals surface area contributed by atoms with Gasteiger partial charge >= 0.3 is 0 Å². The van der Waals surface area contributed by atoms with E-state index in [-0.39, 0.29) is 5.91 Å². The number of benzene rings is 1. The Labute approximate surface area is 129 Å². The first-order valence-electron chi connectivity index (χ1n) is 7.46. The van der Waals surface area contributed by atoms with E-state index in [4.69, 9.17) is 0 Å². The molecule has 1 amide bonds. The van der Waals surface area contributed by atoms with Crippen LogP contribution in [-0.4, -0.2) is 22.3 Å².